The summed E-state index contributed by atoms with van der Waals surface area (Å²) in [5, 5.41) is 0. The molecule has 57 heavy (non-hydrogen) atoms. The standard InChI is InChI=1S/C42H38N8O7/c1-55-29-14-12-26(13-15-29)23-56-24-35(51)49-19-5-9-32-40(49)46-38(48-42(32)54)34-22-28(16-18-44-34)27-7-4-8-30(21-27)57-25-36(52)50-20-6-10-31-39(50)45-37(47-41(31)53)33-11-2-3-17-43-33/h2-4,7-8,11-18,21-22H,5-6,9-10,19-20,23-25H2,1H3,(H,45,47,53)(H,46,48,54). The number of aromatic amines is 2. The number of carbonyl (C=O) groups is 2. The zero-order chi connectivity index (χ0) is 39.3. The van der Waals surface area contributed by atoms with Gasteiger partial charge in [-0.2, -0.15) is 0 Å². The van der Waals surface area contributed by atoms with E-state index < -0.39 is 0 Å². The van der Waals surface area contributed by atoms with Crippen molar-refractivity contribution in [2.45, 2.75) is 32.3 Å². The average Bonchev–Trinajstić information content (AvgIpc) is 3.25. The molecule has 0 aliphatic carbocycles. The molecule has 0 fully saturated rings. The van der Waals surface area contributed by atoms with Crippen LogP contribution in [0.1, 0.15) is 29.5 Å². The van der Waals surface area contributed by atoms with Crippen molar-refractivity contribution in [3.05, 3.63) is 129 Å². The second-order valence-electron chi connectivity index (χ2n) is 13.5. The molecule has 288 valence electrons. The highest BCUT2D eigenvalue weighted by Gasteiger charge is 2.29. The lowest BCUT2D eigenvalue weighted by molar-refractivity contribution is -0.123. The molecule has 0 atom stereocenters. The van der Waals surface area contributed by atoms with Crippen LogP contribution in [0.4, 0.5) is 11.6 Å². The quantitative estimate of drug-likeness (QED) is 0.189. The molecule has 0 unspecified atom stereocenters. The third kappa shape index (κ3) is 8.04. The maximum atomic E-state index is 13.5. The van der Waals surface area contributed by atoms with Gasteiger partial charge in [-0.25, -0.2) is 9.97 Å². The molecule has 6 heterocycles. The fourth-order valence-corrected chi connectivity index (χ4v) is 6.92. The molecular weight excluding hydrogens is 729 g/mol. The third-order valence-corrected chi connectivity index (χ3v) is 9.81. The van der Waals surface area contributed by atoms with Crippen molar-refractivity contribution in [2.24, 2.45) is 0 Å². The fraction of sp³-hybridized carbons (Fsp3) is 0.238. The maximum absolute atomic E-state index is 13.5. The molecule has 4 aromatic heterocycles. The average molecular weight is 767 g/mol. The minimum Gasteiger partial charge on any atom is -0.497 e. The van der Waals surface area contributed by atoms with Crippen LogP contribution in [0.3, 0.4) is 0 Å². The van der Waals surface area contributed by atoms with Crippen LogP contribution in [-0.4, -0.2) is 75.1 Å². The molecule has 2 aliphatic rings. The van der Waals surface area contributed by atoms with Gasteiger partial charge in [0.25, 0.3) is 22.9 Å². The third-order valence-electron chi connectivity index (χ3n) is 9.81. The Labute approximate surface area is 326 Å². The van der Waals surface area contributed by atoms with Gasteiger partial charge in [0.2, 0.25) is 0 Å². The van der Waals surface area contributed by atoms with Crippen LogP contribution in [-0.2, 0) is 33.8 Å². The second kappa shape index (κ2) is 16.4. The lowest BCUT2D eigenvalue weighted by Gasteiger charge is -2.28. The van der Waals surface area contributed by atoms with E-state index in [9.17, 15) is 19.2 Å². The minimum absolute atomic E-state index is 0.179. The molecule has 2 aliphatic heterocycles. The summed E-state index contributed by atoms with van der Waals surface area (Å²) in [7, 11) is 1.60. The van der Waals surface area contributed by atoms with Gasteiger partial charge in [0, 0.05) is 25.5 Å². The number of ether oxygens (including phenoxy) is 3. The molecule has 2 aromatic carbocycles. The van der Waals surface area contributed by atoms with Gasteiger partial charge in [0.15, 0.2) is 18.3 Å². The molecule has 15 nitrogen and oxygen atoms in total. The first-order valence-electron chi connectivity index (χ1n) is 18.5. The molecule has 0 spiro atoms. The summed E-state index contributed by atoms with van der Waals surface area (Å²) in [5.41, 5.74) is 3.58. The van der Waals surface area contributed by atoms with Crippen LogP contribution < -0.4 is 30.4 Å². The van der Waals surface area contributed by atoms with E-state index in [1.807, 2.05) is 42.5 Å². The maximum Gasteiger partial charge on any atom is 0.266 e. The Balaban J connectivity index is 0.964. The molecular formula is C42H38N8O7. The number of hydrogen-bond acceptors (Lipinski definition) is 11. The monoisotopic (exact) mass is 766 g/mol. The zero-order valence-electron chi connectivity index (χ0n) is 31.1. The molecule has 0 saturated carbocycles. The van der Waals surface area contributed by atoms with E-state index in [-0.39, 0.29) is 54.4 Å². The first-order valence-corrected chi connectivity index (χ1v) is 18.5. The number of anilines is 2. The first kappa shape index (κ1) is 36.9. The number of carbonyl (C=O) groups excluding carboxylic acids is 2. The van der Waals surface area contributed by atoms with Crippen molar-refractivity contribution in [3.8, 4) is 45.7 Å². The number of pyridine rings is 2. The molecule has 2 N–H and O–H groups in total. The molecule has 15 heteroatoms. The van der Waals surface area contributed by atoms with E-state index in [4.69, 9.17) is 19.2 Å². The Bertz CT molecular complexity index is 2560. The summed E-state index contributed by atoms with van der Waals surface area (Å²) in [4.78, 5) is 80.0. The highest BCUT2D eigenvalue weighted by Crippen LogP contribution is 2.29. The number of fused-ring (bicyclic) bond motifs is 2. The number of aromatic nitrogens is 6. The first-order chi connectivity index (χ1) is 27.8. The number of benzene rings is 2. The van der Waals surface area contributed by atoms with Gasteiger partial charge in [-0.3, -0.25) is 38.9 Å². The summed E-state index contributed by atoms with van der Waals surface area (Å²) >= 11 is 0. The van der Waals surface area contributed by atoms with E-state index >= 15 is 0 Å². The number of hydrogen-bond donors (Lipinski definition) is 2. The van der Waals surface area contributed by atoms with Crippen LogP contribution in [0.15, 0.2) is 101 Å². The van der Waals surface area contributed by atoms with E-state index in [1.165, 1.54) is 9.80 Å². The Hall–Kier alpha value is -7.00. The lowest BCUT2D eigenvalue weighted by Crippen LogP contribution is -2.41. The summed E-state index contributed by atoms with van der Waals surface area (Å²) < 4.78 is 16.9. The van der Waals surface area contributed by atoms with Crippen LogP contribution in [0.25, 0.3) is 34.2 Å². The SMILES string of the molecule is COc1ccc(COCC(=O)N2CCCc3c2nc(-c2cc(-c4cccc(OCC(=O)N5CCCc6c5nc(-c5ccccn5)[nH]c6=O)c4)ccn2)[nH]c3=O)cc1. The second-order valence-corrected chi connectivity index (χ2v) is 13.5. The molecule has 0 saturated heterocycles. The van der Waals surface area contributed by atoms with E-state index in [0.29, 0.717) is 78.7 Å². The number of rotatable bonds is 11. The predicted molar refractivity (Wildman–Crippen MR) is 211 cm³/mol. The van der Waals surface area contributed by atoms with Crippen LogP contribution in [0.2, 0.25) is 0 Å². The Kier molecular flexibility index (Phi) is 10.6. The van der Waals surface area contributed by atoms with Gasteiger partial charge < -0.3 is 24.2 Å². The van der Waals surface area contributed by atoms with Gasteiger partial charge in [-0.05, 0) is 90.9 Å². The molecule has 0 bridgehead atoms. The smallest absolute Gasteiger partial charge is 0.266 e. The normalized spacial score (nSPS) is 13.4. The highest BCUT2D eigenvalue weighted by molar-refractivity contribution is 5.95. The van der Waals surface area contributed by atoms with Gasteiger partial charge in [-0.15, -0.1) is 0 Å². The van der Waals surface area contributed by atoms with E-state index in [0.717, 1.165) is 22.4 Å². The molecule has 2 amide bonds. The van der Waals surface area contributed by atoms with Gasteiger partial charge in [0.1, 0.15) is 41.1 Å². The summed E-state index contributed by atoms with van der Waals surface area (Å²) in [6.07, 6.45) is 5.45. The van der Waals surface area contributed by atoms with E-state index in [1.54, 1.807) is 55.9 Å². The van der Waals surface area contributed by atoms with Crippen molar-refractivity contribution in [3.63, 3.8) is 0 Å². The van der Waals surface area contributed by atoms with Crippen molar-refractivity contribution < 1.29 is 23.8 Å². The minimum atomic E-state index is -0.337. The van der Waals surface area contributed by atoms with Crippen LogP contribution in [0, 0.1) is 0 Å². The highest BCUT2D eigenvalue weighted by atomic mass is 16.5. The zero-order valence-corrected chi connectivity index (χ0v) is 31.1. The van der Waals surface area contributed by atoms with Gasteiger partial charge >= 0.3 is 0 Å². The Morgan fingerprint density at radius 2 is 1.33 bits per heavy atom. The fourth-order valence-electron chi connectivity index (χ4n) is 6.92. The van der Waals surface area contributed by atoms with Gasteiger partial charge in [-0.1, -0.05) is 30.3 Å². The summed E-state index contributed by atoms with van der Waals surface area (Å²) in [6, 6.07) is 23.6. The summed E-state index contributed by atoms with van der Waals surface area (Å²) in [5.74, 6) is 1.67. The van der Waals surface area contributed by atoms with Crippen molar-refractivity contribution in [1.82, 2.24) is 29.9 Å². The number of methoxy groups -OCH3 is 1. The molecule has 0 radical (unpaired) electrons. The number of nitrogens with one attached hydrogen (secondary N) is 2. The Morgan fingerprint density at radius 1 is 0.684 bits per heavy atom. The van der Waals surface area contributed by atoms with Crippen molar-refractivity contribution in [1.29, 1.82) is 0 Å². The van der Waals surface area contributed by atoms with Crippen molar-refractivity contribution in [2.75, 3.05) is 43.2 Å². The van der Waals surface area contributed by atoms with Crippen molar-refractivity contribution >= 4 is 23.5 Å². The number of nitrogens with zero attached hydrogens (tertiary/aromatic N) is 6. The number of amides is 2. The summed E-state index contributed by atoms with van der Waals surface area (Å²) in [6.45, 7) is 0.588. The van der Waals surface area contributed by atoms with E-state index in [2.05, 4.69) is 24.9 Å². The lowest BCUT2D eigenvalue weighted by atomic mass is 10.0. The van der Waals surface area contributed by atoms with Gasteiger partial charge in [0.05, 0.1) is 24.8 Å². The molecule has 8 rings (SSSR count). The van der Waals surface area contributed by atoms with Crippen LogP contribution >= 0.6 is 0 Å². The van der Waals surface area contributed by atoms with Crippen LogP contribution in [0.5, 0.6) is 11.5 Å². The number of H-pyrrole nitrogens is 2. The predicted octanol–water partition coefficient (Wildman–Crippen LogP) is 4.51. The largest absolute Gasteiger partial charge is 0.497 e. The molecule has 6 aromatic rings. The Morgan fingerprint density at radius 3 is 2.00 bits per heavy atom. The topological polar surface area (TPSA) is 186 Å².